The van der Waals surface area contributed by atoms with Crippen molar-refractivity contribution in [2.24, 2.45) is 10.9 Å². The molecule has 2 unspecified atom stereocenters. The normalized spacial score (nSPS) is 15.2. The van der Waals surface area contributed by atoms with Gasteiger partial charge in [-0.05, 0) is 38.9 Å². The summed E-state index contributed by atoms with van der Waals surface area (Å²) in [5, 5.41) is 11.7. The molecule has 0 saturated carbocycles. The van der Waals surface area contributed by atoms with Crippen molar-refractivity contribution in [3.8, 4) is 5.75 Å². The highest BCUT2D eigenvalue weighted by atomic mass is 16.5. The summed E-state index contributed by atoms with van der Waals surface area (Å²) in [5.41, 5.74) is 6.75. The van der Waals surface area contributed by atoms with Crippen molar-refractivity contribution in [2.45, 2.75) is 38.8 Å². The van der Waals surface area contributed by atoms with Crippen LogP contribution in [0.3, 0.4) is 0 Å². The van der Waals surface area contributed by atoms with E-state index in [1.54, 1.807) is 7.11 Å². The van der Waals surface area contributed by atoms with Gasteiger partial charge in [-0.1, -0.05) is 23.4 Å². The molecular weight excluding hydrogens is 254 g/mol. The molecule has 2 atom stereocenters. The summed E-state index contributed by atoms with van der Waals surface area (Å²) in [4.78, 5) is 2.23. The Balaban J connectivity index is 2.67. The zero-order chi connectivity index (χ0) is 15.1. The van der Waals surface area contributed by atoms with Crippen LogP contribution in [-0.2, 0) is 6.42 Å². The van der Waals surface area contributed by atoms with Gasteiger partial charge in [0, 0.05) is 18.5 Å². The van der Waals surface area contributed by atoms with Gasteiger partial charge in [-0.2, -0.15) is 0 Å². The van der Waals surface area contributed by atoms with E-state index < -0.39 is 0 Å². The van der Waals surface area contributed by atoms with Crippen LogP contribution in [0.25, 0.3) is 0 Å². The monoisotopic (exact) mass is 279 g/mol. The van der Waals surface area contributed by atoms with Crippen LogP contribution in [0.2, 0.25) is 0 Å². The second-order valence-corrected chi connectivity index (χ2v) is 5.17. The summed E-state index contributed by atoms with van der Waals surface area (Å²) in [6.45, 7) is 4.23. The number of rotatable bonds is 7. The van der Waals surface area contributed by atoms with Gasteiger partial charge in [-0.15, -0.1) is 0 Å². The van der Waals surface area contributed by atoms with E-state index in [9.17, 15) is 0 Å². The highest BCUT2D eigenvalue weighted by Crippen LogP contribution is 2.21. The third kappa shape index (κ3) is 4.42. The maximum absolute atomic E-state index is 8.64. The predicted octanol–water partition coefficient (Wildman–Crippen LogP) is 2.08. The number of benzene rings is 1. The van der Waals surface area contributed by atoms with Crippen LogP contribution >= 0.6 is 0 Å². The average molecular weight is 279 g/mol. The molecule has 0 aliphatic carbocycles. The Hall–Kier alpha value is -1.75. The second-order valence-electron chi connectivity index (χ2n) is 5.17. The fourth-order valence-corrected chi connectivity index (χ4v) is 2.26. The van der Waals surface area contributed by atoms with E-state index in [0.717, 1.165) is 12.2 Å². The Kier molecular flexibility index (Phi) is 6.31. The fourth-order valence-electron chi connectivity index (χ4n) is 2.26. The molecule has 1 aromatic carbocycles. The molecule has 0 aliphatic heterocycles. The van der Waals surface area contributed by atoms with E-state index in [1.165, 1.54) is 5.56 Å². The van der Waals surface area contributed by atoms with Crippen molar-refractivity contribution in [1.82, 2.24) is 4.90 Å². The standard InChI is InChI=1S/C15H25N3O2/c1-11(18(3)12(2)10-15(16)17-19)9-13-7-5-6-8-14(13)20-4/h5-8,11-12,19H,9-10H2,1-4H3,(H2,16,17). The lowest BCUT2D eigenvalue weighted by molar-refractivity contribution is 0.196. The summed E-state index contributed by atoms with van der Waals surface area (Å²) in [7, 11) is 3.74. The lowest BCUT2D eigenvalue weighted by atomic mass is 10.0. The first-order valence-corrected chi connectivity index (χ1v) is 6.79. The lowest BCUT2D eigenvalue weighted by Gasteiger charge is -2.31. The van der Waals surface area contributed by atoms with Crippen molar-refractivity contribution in [3.05, 3.63) is 29.8 Å². The molecule has 5 heteroatoms. The minimum absolute atomic E-state index is 0.204. The molecule has 0 bridgehead atoms. The number of oxime groups is 1. The van der Waals surface area contributed by atoms with Gasteiger partial charge in [0.25, 0.3) is 0 Å². The van der Waals surface area contributed by atoms with Gasteiger partial charge in [-0.25, -0.2) is 0 Å². The minimum atomic E-state index is 0.204. The molecule has 0 radical (unpaired) electrons. The van der Waals surface area contributed by atoms with Gasteiger partial charge in [0.05, 0.1) is 7.11 Å². The molecule has 1 aromatic rings. The molecular formula is C15H25N3O2. The number of methoxy groups -OCH3 is 1. The molecule has 112 valence electrons. The lowest BCUT2D eigenvalue weighted by Crippen LogP contribution is -2.40. The van der Waals surface area contributed by atoms with Crippen LogP contribution < -0.4 is 10.5 Å². The molecule has 5 nitrogen and oxygen atoms in total. The van der Waals surface area contributed by atoms with Crippen molar-refractivity contribution in [1.29, 1.82) is 0 Å². The molecule has 0 aromatic heterocycles. The summed E-state index contributed by atoms with van der Waals surface area (Å²) in [5.74, 6) is 1.17. The summed E-state index contributed by atoms with van der Waals surface area (Å²) in [6, 6.07) is 8.57. The van der Waals surface area contributed by atoms with Crippen LogP contribution in [0.4, 0.5) is 0 Å². The summed E-state index contributed by atoms with van der Waals surface area (Å²) < 4.78 is 5.38. The first kappa shape index (κ1) is 16.3. The minimum Gasteiger partial charge on any atom is -0.496 e. The van der Waals surface area contributed by atoms with Crippen molar-refractivity contribution in [3.63, 3.8) is 0 Å². The van der Waals surface area contributed by atoms with Crippen LogP contribution in [0.1, 0.15) is 25.8 Å². The third-order valence-corrected chi connectivity index (χ3v) is 3.73. The summed E-state index contributed by atoms with van der Waals surface area (Å²) in [6.07, 6.45) is 1.43. The highest BCUT2D eigenvalue weighted by Gasteiger charge is 2.18. The number of hydrogen-bond acceptors (Lipinski definition) is 4. The van der Waals surface area contributed by atoms with E-state index in [2.05, 4.69) is 37.0 Å². The third-order valence-electron chi connectivity index (χ3n) is 3.73. The Morgan fingerprint density at radius 1 is 1.35 bits per heavy atom. The smallest absolute Gasteiger partial charge is 0.140 e. The average Bonchev–Trinajstić information content (AvgIpc) is 2.46. The molecule has 0 amide bonds. The van der Waals surface area contributed by atoms with E-state index in [1.807, 2.05) is 18.2 Å². The quantitative estimate of drug-likeness (QED) is 0.347. The van der Waals surface area contributed by atoms with Crippen LogP contribution in [0, 0.1) is 0 Å². The number of nitrogens with two attached hydrogens (primary N) is 1. The zero-order valence-corrected chi connectivity index (χ0v) is 12.7. The molecule has 0 spiro atoms. The largest absolute Gasteiger partial charge is 0.496 e. The van der Waals surface area contributed by atoms with Gasteiger partial charge >= 0.3 is 0 Å². The van der Waals surface area contributed by atoms with Crippen LogP contribution in [0.15, 0.2) is 29.4 Å². The van der Waals surface area contributed by atoms with Gasteiger partial charge in [0.2, 0.25) is 0 Å². The first-order valence-electron chi connectivity index (χ1n) is 6.79. The van der Waals surface area contributed by atoms with E-state index in [4.69, 9.17) is 15.7 Å². The topological polar surface area (TPSA) is 71.1 Å². The predicted molar refractivity (Wildman–Crippen MR) is 81.4 cm³/mol. The van der Waals surface area contributed by atoms with Gasteiger partial charge in [-0.3, -0.25) is 0 Å². The number of para-hydroxylation sites is 1. The molecule has 0 aliphatic rings. The maximum Gasteiger partial charge on any atom is 0.140 e. The van der Waals surface area contributed by atoms with E-state index in [-0.39, 0.29) is 11.9 Å². The second kappa shape index (κ2) is 7.75. The summed E-state index contributed by atoms with van der Waals surface area (Å²) >= 11 is 0. The SMILES string of the molecule is COc1ccccc1CC(C)N(C)C(C)CC(N)=NO. The number of amidine groups is 1. The van der Waals surface area contributed by atoms with Crippen LogP contribution in [0.5, 0.6) is 5.75 Å². The first-order chi connectivity index (χ1) is 9.49. The van der Waals surface area contributed by atoms with Crippen molar-refractivity contribution >= 4 is 5.84 Å². The number of nitrogens with zero attached hydrogens (tertiary/aromatic N) is 2. The Labute approximate surface area is 121 Å². The Bertz CT molecular complexity index is 448. The Morgan fingerprint density at radius 2 is 2.00 bits per heavy atom. The van der Waals surface area contributed by atoms with Crippen LogP contribution in [-0.4, -0.2) is 42.2 Å². The molecule has 0 fully saturated rings. The maximum atomic E-state index is 8.64. The number of likely N-dealkylation sites (N-methyl/N-ethyl adjacent to an activating group) is 1. The van der Waals surface area contributed by atoms with Crippen molar-refractivity contribution < 1.29 is 9.94 Å². The van der Waals surface area contributed by atoms with Gasteiger partial charge < -0.3 is 20.6 Å². The molecule has 20 heavy (non-hydrogen) atoms. The Morgan fingerprint density at radius 3 is 2.60 bits per heavy atom. The number of ether oxygens (including phenoxy) is 1. The number of hydrogen-bond donors (Lipinski definition) is 2. The molecule has 1 rings (SSSR count). The zero-order valence-electron chi connectivity index (χ0n) is 12.7. The molecule has 3 N–H and O–H groups in total. The molecule has 0 heterocycles. The van der Waals surface area contributed by atoms with Gasteiger partial charge in [0.1, 0.15) is 11.6 Å². The van der Waals surface area contributed by atoms with E-state index >= 15 is 0 Å². The highest BCUT2D eigenvalue weighted by molar-refractivity contribution is 5.80. The fraction of sp³-hybridized carbons (Fsp3) is 0.533. The van der Waals surface area contributed by atoms with Crippen molar-refractivity contribution in [2.75, 3.05) is 14.2 Å². The van der Waals surface area contributed by atoms with Gasteiger partial charge in [0.15, 0.2) is 0 Å². The molecule has 0 saturated heterocycles. The van der Waals surface area contributed by atoms with E-state index in [0.29, 0.717) is 12.5 Å².